The van der Waals surface area contributed by atoms with Crippen LogP contribution in [0.5, 0.6) is 0 Å². The lowest BCUT2D eigenvalue weighted by atomic mass is 10.2. The zero-order valence-electron chi connectivity index (χ0n) is 4.68. The lowest BCUT2D eigenvalue weighted by molar-refractivity contribution is -0.312. The van der Waals surface area contributed by atoms with Gasteiger partial charge in [0.05, 0.1) is 0 Å². The van der Waals surface area contributed by atoms with Gasteiger partial charge < -0.3 is 15.0 Å². The van der Waals surface area contributed by atoms with Crippen LogP contribution in [0, 0.1) is 0 Å². The molecule has 60 valence electrons. The minimum Gasteiger partial charge on any atom is -0.550 e. The third-order valence-corrected chi connectivity index (χ3v) is 0.738. The second-order valence-corrected chi connectivity index (χ2v) is 1.63. The first-order chi connectivity index (χ1) is 4.34. The molecule has 1 unspecified atom stereocenters. The van der Waals surface area contributed by atoms with Gasteiger partial charge in [0.2, 0.25) is 0 Å². The van der Waals surface area contributed by atoms with Gasteiger partial charge in [-0.25, -0.2) is 0 Å². The molecule has 0 rings (SSSR count). The fraction of sp³-hybridized carbons (Fsp3) is 0.750. The van der Waals surface area contributed by atoms with E-state index in [0.29, 0.717) is 0 Å². The smallest absolute Gasteiger partial charge is 0.414 e. The first-order valence-electron chi connectivity index (χ1n) is 2.28. The summed E-state index contributed by atoms with van der Waals surface area (Å²) in [6.45, 7) is 0. The lowest BCUT2D eigenvalue weighted by Gasteiger charge is -2.13. The van der Waals surface area contributed by atoms with Gasteiger partial charge in [-0.15, -0.1) is 0 Å². The van der Waals surface area contributed by atoms with Crippen LogP contribution < -0.4 is 5.11 Å². The van der Waals surface area contributed by atoms with E-state index < -0.39 is 24.7 Å². The number of alkyl halides is 3. The molecule has 10 heavy (non-hydrogen) atoms. The summed E-state index contributed by atoms with van der Waals surface area (Å²) >= 11 is 0. The van der Waals surface area contributed by atoms with Crippen molar-refractivity contribution in [1.82, 2.24) is 0 Å². The summed E-state index contributed by atoms with van der Waals surface area (Å²) in [7, 11) is 0. The number of carbonyl (C=O) groups excluding carboxylic acids is 1. The summed E-state index contributed by atoms with van der Waals surface area (Å²) in [5.74, 6) is -1.93. The number of aliphatic carboxylic acids is 1. The molecule has 0 heterocycles. The number of aliphatic hydroxyl groups is 1. The van der Waals surface area contributed by atoms with Crippen molar-refractivity contribution in [3.63, 3.8) is 0 Å². The predicted molar refractivity (Wildman–Crippen MR) is 21.7 cm³/mol. The molecule has 0 amide bonds. The van der Waals surface area contributed by atoms with Gasteiger partial charge in [0.1, 0.15) is 0 Å². The highest BCUT2D eigenvalue weighted by molar-refractivity contribution is 5.64. The molecule has 0 aliphatic carbocycles. The number of carboxylic acid groups (broad SMARTS) is 1. The quantitative estimate of drug-likeness (QED) is 0.562. The molecular formula is C4H4F3O3-. The largest absolute Gasteiger partial charge is 0.550 e. The topological polar surface area (TPSA) is 60.4 Å². The molecule has 1 N–H and O–H groups in total. The van der Waals surface area contributed by atoms with Crippen molar-refractivity contribution in [3.8, 4) is 0 Å². The summed E-state index contributed by atoms with van der Waals surface area (Å²) in [4.78, 5) is 9.49. The van der Waals surface area contributed by atoms with Crippen molar-refractivity contribution < 1.29 is 28.2 Å². The summed E-state index contributed by atoms with van der Waals surface area (Å²) in [6, 6.07) is 0. The Morgan fingerprint density at radius 1 is 1.60 bits per heavy atom. The monoisotopic (exact) mass is 157 g/mol. The van der Waals surface area contributed by atoms with E-state index in [-0.39, 0.29) is 0 Å². The molecule has 0 fully saturated rings. The molecule has 0 aliphatic rings. The average molecular weight is 157 g/mol. The van der Waals surface area contributed by atoms with Crippen LogP contribution in [0.2, 0.25) is 0 Å². The van der Waals surface area contributed by atoms with E-state index in [2.05, 4.69) is 0 Å². The van der Waals surface area contributed by atoms with Gasteiger partial charge in [-0.1, -0.05) is 0 Å². The van der Waals surface area contributed by atoms with Crippen molar-refractivity contribution >= 4 is 5.97 Å². The van der Waals surface area contributed by atoms with E-state index in [1.807, 2.05) is 0 Å². The average Bonchev–Trinajstić information content (AvgIpc) is 1.60. The number of hydrogen-bond acceptors (Lipinski definition) is 3. The van der Waals surface area contributed by atoms with E-state index in [1.54, 1.807) is 0 Å². The fourth-order valence-electron chi connectivity index (χ4n) is 0.274. The molecular weight excluding hydrogens is 153 g/mol. The first-order valence-corrected chi connectivity index (χ1v) is 2.28. The van der Waals surface area contributed by atoms with Crippen LogP contribution in [0.15, 0.2) is 0 Å². The van der Waals surface area contributed by atoms with Crippen molar-refractivity contribution in [2.75, 3.05) is 0 Å². The Bertz CT molecular complexity index is 130. The third kappa shape index (κ3) is 3.29. The Morgan fingerprint density at radius 3 is 2.10 bits per heavy atom. The van der Waals surface area contributed by atoms with Crippen LogP contribution in [0.4, 0.5) is 13.2 Å². The Hall–Kier alpha value is -0.780. The molecule has 0 radical (unpaired) electrons. The predicted octanol–water partition coefficient (Wildman–Crippen LogP) is -0.950. The summed E-state index contributed by atoms with van der Waals surface area (Å²) < 4.78 is 33.8. The molecule has 0 aliphatic heterocycles. The number of halogens is 3. The van der Waals surface area contributed by atoms with Crippen LogP contribution in [0.25, 0.3) is 0 Å². The summed E-state index contributed by atoms with van der Waals surface area (Å²) in [6.07, 6.45) is -9.11. The van der Waals surface area contributed by atoms with Crippen molar-refractivity contribution in [2.45, 2.75) is 18.7 Å². The van der Waals surface area contributed by atoms with Gasteiger partial charge >= 0.3 is 6.18 Å². The van der Waals surface area contributed by atoms with Crippen molar-refractivity contribution in [1.29, 1.82) is 0 Å². The van der Waals surface area contributed by atoms with Crippen LogP contribution in [0.1, 0.15) is 6.42 Å². The highest BCUT2D eigenvalue weighted by Crippen LogP contribution is 2.21. The van der Waals surface area contributed by atoms with Crippen LogP contribution in [0.3, 0.4) is 0 Å². The molecule has 0 aromatic heterocycles. The van der Waals surface area contributed by atoms with Gasteiger partial charge in [-0.05, 0) is 0 Å². The van der Waals surface area contributed by atoms with E-state index in [9.17, 15) is 23.1 Å². The first kappa shape index (κ1) is 9.22. The number of aliphatic hydroxyl groups excluding tert-OH is 1. The van der Waals surface area contributed by atoms with Crippen molar-refractivity contribution in [2.24, 2.45) is 0 Å². The SMILES string of the molecule is O=C([O-])CC(O)C(F)(F)F. The Kier molecular flexibility index (Phi) is 2.65. The third-order valence-electron chi connectivity index (χ3n) is 0.738. The van der Waals surface area contributed by atoms with Crippen LogP contribution in [-0.2, 0) is 4.79 Å². The standard InChI is InChI=1S/C4H5F3O3/c5-4(6,7)2(8)1-3(9)10/h2,8H,1H2,(H,9,10)/p-1. The number of rotatable bonds is 2. The number of carboxylic acids is 1. The maximum absolute atomic E-state index is 11.3. The van der Waals surface area contributed by atoms with E-state index in [1.165, 1.54) is 0 Å². The molecule has 0 saturated heterocycles. The number of carbonyl (C=O) groups is 1. The molecule has 0 spiro atoms. The van der Waals surface area contributed by atoms with Gasteiger partial charge in [0.15, 0.2) is 6.10 Å². The molecule has 1 atom stereocenters. The number of hydrogen-bond donors (Lipinski definition) is 1. The van der Waals surface area contributed by atoms with Crippen LogP contribution in [-0.4, -0.2) is 23.4 Å². The van der Waals surface area contributed by atoms with Gasteiger partial charge in [0, 0.05) is 12.4 Å². The van der Waals surface area contributed by atoms with Gasteiger partial charge in [-0.2, -0.15) is 13.2 Å². The second kappa shape index (κ2) is 2.87. The van der Waals surface area contributed by atoms with Crippen molar-refractivity contribution in [3.05, 3.63) is 0 Å². The molecule has 0 saturated carbocycles. The van der Waals surface area contributed by atoms with Crippen LogP contribution >= 0.6 is 0 Å². The second-order valence-electron chi connectivity index (χ2n) is 1.63. The van der Waals surface area contributed by atoms with Gasteiger partial charge in [-0.3, -0.25) is 0 Å². The maximum atomic E-state index is 11.3. The van der Waals surface area contributed by atoms with E-state index in [0.717, 1.165) is 0 Å². The lowest BCUT2D eigenvalue weighted by Crippen LogP contribution is -2.36. The molecule has 0 aromatic carbocycles. The minimum atomic E-state index is -4.87. The zero-order valence-corrected chi connectivity index (χ0v) is 4.68. The van der Waals surface area contributed by atoms with E-state index >= 15 is 0 Å². The zero-order chi connectivity index (χ0) is 8.36. The highest BCUT2D eigenvalue weighted by atomic mass is 19.4. The molecule has 3 nitrogen and oxygen atoms in total. The Balaban J connectivity index is 3.85. The molecule has 0 bridgehead atoms. The van der Waals surface area contributed by atoms with Gasteiger partial charge in [0.25, 0.3) is 0 Å². The summed E-state index contributed by atoms with van der Waals surface area (Å²) in [5.41, 5.74) is 0. The fourth-order valence-corrected chi connectivity index (χ4v) is 0.274. The molecule has 6 heteroatoms. The summed E-state index contributed by atoms with van der Waals surface area (Å²) in [5, 5.41) is 17.5. The normalized spacial score (nSPS) is 14.8. The Labute approximate surface area is 54.1 Å². The van der Waals surface area contributed by atoms with E-state index in [4.69, 9.17) is 5.11 Å². The maximum Gasteiger partial charge on any atom is 0.414 e. The Morgan fingerprint density at radius 2 is 2.00 bits per heavy atom. The highest BCUT2D eigenvalue weighted by Gasteiger charge is 2.37. The molecule has 0 aromatic rings. The minimum absolute atomic E-state index is 1.41.